The highest BCUT2D eigenvalue weighted by Gasteiger charge is 2.20. The molecule has 0 N–H and O–H groups in total. The van der Waals surface area contributed by atoms with Crippen LogP contribution in [0.3, 0.4) is 0 Å². The summed E-state index contributed by atoms with van der Waals surface area (Å²) >= 11 is 1.46. The van der Waals surface area contributed by atoms with Crippen LogP contribution in [0, 0.1) is 0 Å². The zero-order chi connectivity index (χ0) is 18.8. The van der Waals surface area contributed by atoms with Crippen LogP contribution in [0.1, 0.15) is 58.2 Å². The number of nitrogens with zero attached hydrogens (tertiary/aromatic N) is 2. The molecule has 0 saturated carbocycles. The molecule has 1 heterocycles. The van der Waals surface area contributed by atoms with Crippen LogP contribution in [-0.4, -0.2) is 9.78 Å². The molecule has 1 aromatic heterocycles. The topological polar surface area (TPSA) is 34.9 Å². The Bertz CT molecular complexity index is 783. The maximum Gasteiger partial charge on any atom is 0.274 e. The number of thioether (sulfide) groups is 1. The molecule has 1 aromatic carbocycles. The number of hydrogen-bond donors (Lipinski definition) is 0. The van der Waals surface area contributed by atoms with E-state index in [9.17, 15) is 9.18 Å². The van der Waals surface area contributed by atoms with Gasteiger partial charge in [-0.2, -0.15) is 5.10 Å². The summed E-state index contributed by atoms with van der Waals surface area (Å²) in [6, 6.07) is 8.43. The van der Waals surface area contributed by atoms with E-state index < -0.39 is 12.2 Å². The molecule has 0 bridgehead atoms. The van der Waals surface area contributed by atoms with E-state index in [2.05, 4.69) is 50.1 Å². The fraction of sp³-hybridized carbons (Fsp3) is 0.500. The van der Waals surface area contributed by atoms with Gasteiger partial charge in [0.05, 0.1) is 17.3 Å². The maximum absolute atomic E-state index is 13.5. The van der Waals surface area contributed by atoms with E-state index in [1.807, 2.05) is 20.8 Å². The molecule has 0 aliphatic rings. The van der Waals surface area contributed by atoms with Gasteiger partial charge in [0.15, 0.2) is 0 Å². The molecule has 3 nitrogen and oxygen atoms in total. The van der Waals surface area contributed by atoms with Crippen molar-refractivity contribution < 1.29 is 4.39 Å². The summed E-state index contributed by atoms with van der Waals surface area (Å²) in [5, 5.41) is 4.23. The molecule has 5 heteroatoms. The van der Waals surface area contributed by atoms with Crippen molar-refractivity contribution in [2.24, 2.45) is 0 Å². The lowest BCUT2D eigenvalue weighted by molar-refractivity contribution is 0.329. The summed E-state index contributed by atoms with van der Waals surface area (Å²) in [5.41, 5.74) is 1.92. The summed E-state index contributed by atoms with van der Waals surface area (Å²) in [7, 11) is 0. The molecular formula is C20H27FN2OS. The zero-order valence-electron chi connectivity index (χ0n) is 15.9. The van der Waals surface area contributed by atoms with E-state index in [1.165, 1.54) is 22.0 Å². The standard InChI is InChI=1S/C20H27FN2OS/c1-19(2,3)15-9-7-14(8-10-15)13-25-17-12-22-23(20(4,5)6)18(24)16(17)11-21/h7-10,12H,11,13H2,1-6H3/i21-1. The van der Waals surface area contributed by atoms with Gasteiger partial charge >= 0.3 is 0 Å². The predicted octanol–water partition coefficient (Wildman–Crippen LogP) is 5.06. The molecule has 0 saturated heterocycles. The van der Waals surface area contributed by atoms with Crippen molar-refractivity contribution in [2.45, 2.75) is 69.8 Å². The monoisotopic (exact) mass is 361 g/mol. The van der Waals surface area contributed by atoms with E-state index in [0.29, 0.717) is 10.6 Å². The van der Waals surface area contributed by atoms with Crippen molar-refractivity contribution in [2.75, 3.05) is 0 Å². The molecule has 0 spiro atoms. The highest BCUT2D eigenvalue weighted by molar-refractivity contribution is 7.98. The van der Waals surface area contributed by atoms with Gasteiger partial charge in [-0.05, 0) is 37.3 Å². The van der Waals surface area contributed by atoms with Crippen LogP contribution in [0.5, 0.6) is 0 Å². The lowest BCUT2D eigenvalue weighted by Gasteiger charge is -2.21. The average Bonchev–Trinajstić information content (AvgIpc) is 2.51. The quantitative estimate of drug-likeness (QED) is 0.714. The summed E-state index contributed by atoms with van der Waals surface area (Å²) < 4.78 is 14.8. The molecule has 0 aliphatic heterocycles. The first-order chi connectivity index (χ1) is 11.5. The van der Waals surface area contributed by atoms with Gasteiger partial charge in [-0.3, -0.25) is 4.79 Å². The number of halogens is 1. The normalized spacial score (nSPS) is 12.4. The van der Waals surface area contributed by atoms with Crippen molar-refractivity contribution in [3.8, 4) is 0 Å². The molecule has 0 amide bonds. The third-order valence-electron chi connectivity index (χ3n) is 4.02. The number of hydrogen-bond acceptors (Lipinski definition) is 3. The molecule has 0 fully saturated rings. The van der Waals surface area contributed by atoms with Gasteiger partial charge in [-0.15, -0.1) is 11.8 Å². The van der Waals surface area contributed by atoms with Gasteiger partial charge < -0.3 is 0 Å². The predicted molar refractivity (Wildman–Crippen MR) is 103 cm³/mol. The van der Waals surface area contributed by atoms with Gasteiger partial charge in [0.25, 0.3) is 5.56 Å². The number of aromatic nitrogens is 2. The minimum absolute atomic E-state index is 0.120. The van der Waals surface area contributed by atoms with Crippen molar-refractivity contribution in [1.29, 1.82) is 0 Å². The summed E-state index contributed by atoms with van der Waals surface area (Å²) in [4.78, 5) is 13.1. The summed E-state index contributed by atoms with van der Waals surface area (Å²) in [5.74, 6) is 0.679. The fourth-order valence-corrected chi connectivity index (χ4v) is 3.41. The van der Waals surface area contributed by atoms with Gasteiger partial charge in [0.2, 0.25) is 0 Å². The van der Waals surface area contributed by atoms with E-state index in [1.54, 1.807) is 6.20 Å². The van der Waals surface area contributed by atoms with Gasteiger partial charge in [0, 0.05) is 10.6 Å². The number of alkyl halides is 1. The minimum Gasteiger partial charge on any atom is -0.267 e. The highest BCUT2D eigenvalue weighted by Crippen LogP contribution is 2.27. The largest absolute Gasteiger partial charge is 0.274 e. The summed E-state index contributed by atoms with van der Waals surface area (Å²) in [6.45, 7) is 11.4. The molecule has 2 rings (SSSR count). The first-order valence-corrected chi connectivity index (χ1v) is 9.42. The first kappa shape index (κ1) is 19.7. The molecule has 136 valence electrons. The second-order valence-corrected chi connectivity index (χ2v) is 9.26. The maximum atomic E-state index is 13.5. The minimum atomic E-state index is -0.775. The Hall–Kier alpha value is -1.62. The Morgan fingerprint density at radius 3 is 2.16 bits per heavy atom. The van der Waals surface area contributed by atoms with Crippen LogP contribution in [0.4, 0.5) is 4.39 Å². The molecule has 0 aliphatic carbocycles. The SMILES string of the molecule is CC(C)(C)c1ccc(CSc2cnn(C(C)(C)C)c(=O)c2C[18F])cc1. The third kappa shape index (κ3) is 4.72. The molecule has 2 aromatic rings. The van der Waals surface area contributed by atoms with Crippen molar-refractivity contribution >= 4 is 11.8 Å². The van der Waals surface area contributed by atoms with Crippen molar-refractivity contribution in [3.63, 3.8) is 0 Å². The van der Waals surface area contributed by atoms with Crippen molar-refractivity contribution in [1.82, 2.24) is 9.78 Å². The third-order valence-corrected chi connectivity index (χ3v) is 5.16. The Balaban J connectivity index is 2.21. The smallest absolute Gasteiger partial charge is 0.267 e. The Labute approximate surface area is 153 Å². The second kappa shape index (κ2) is 7.32. The Morgan fingerprint density at radius 2 is 1.68 bits per heavy atom. The van der Waals surface area contributed by atoms with Crippen LogP contribution in [0.15, 0.2) is 40.2 Å². The van der Waals surface area contributed by atoms with Crippen LogP contribution in [0.2, 0.25) is 0 Å². The van der Waals surface area contributed by atoms with Gasteiger partial charge in [0.1, 0.15) is 6.67 Å². The van der Waals surface area contributed by atoms with Gasteiger partial charge in [-0.25, -0.2) is 9.07 Å². The van der Waals surface area contributed by atoms with Crippen molar-refractivity contribution in [3.05, 3.63) is 57.5 Å². The highest BCUT2D eigenvalue weighted by atomic mass is 32.2. The van der Waals surface area contributed by atoms with Gasteiger partial charge in [-0.1, -0.05) is 45.0 Å². The molecule has 0 unspecified atom stereocenters. The molecule has 25 heavy (non-hydrogen) atoms. The van der Waals surface area contributed by atoms with E-state index >= 15 is 0 Å². The Kier molecular flexibility index (Phi) is 5.77. The molecular weight excluding hydrogens is 334 g/mol. The summed E-state index contributed by atoms with van der Waals surface area (Å²) in [6.07, 6.45) is 1.61. The van der Waals surface area contributed by atoms with E-state index in [-0.39, 0.29) is 16.5 Å². The molecule has 0 atom stereocenters. The lowest BCUT2D eigenvalue weighted by atomic mass is 9.87. The Morgan fingerprint density at radius 1 is 1.08 bits per heavy atom. The van der Waals surface area contributed by atoms with Crippen LogP contribution >= 0.6 is 11.8 Å². The number of benzene rings is 1. The van der Waals surface area contributed by atoms with E-state index in [4.69, 9.17) is 0 Å². The number of rotatable bonds is 4. The van der Waals surface area contributed by atoms with E-state index in [0.717, 1.165) is 5.56 Å². The zero-order valence-corrected chi connectivity index (χ0v) is 16.7. The van der Waals surface area contributed by atoms with Crippen LogP contribution in [0.25, 0.3) is 0 Å². The molecule has 0 radical (unpaired) electrons. The first-order valence-electron chi connectivity index (χ1n) is 8.44. The average molecular weight is 362 g/mol. The fourth-order valence-electron chi connectivity index (χ4n) is 2.46. The van der Waals surface area contributed by atoms with Crippen LogP contribution in [-0.2, 0) is 23.4 Å². The van der Waals surface area contributed by atoms with Crippen LogP contribution < -0.4 is 5.56 Å². The second-order valence-electron chi connectivity index (χ2n) is 8.24. The lowest BCUT2D eigenvalue weighted by Crippen LogP contribution is -2.37.